The summed E-state index contributed by atoms with van der Waals surface area (Å²) in [6.45, 7) is -0.507. The maximum atomic E-state index is 10.4. The molecule has 0 aliphatic heterocycles. The van der Waals surface area contributed by atoms with E-state index in [-0.39, 0.29) is 0 Å². The van der Waals surface area contributed by atoms with E-state index in [4.69, 9.17) is 16.7 Å². The Kier molecular flexibility index (Phi) is 3.83. The lowest BCUT2D eigenvalue weighted by molar-refractivity contribution is -0.0138. The van der Waals surface area contributed by atoms with Crippen LogP contribution in [-0.2, 0) is 0 Å². The molecule has 3 nitrogen and oxygen atoms in total. The highest BCUT2D eigenvalue weighted by Gasteiger charge is 2.23. The van der Waals surface area contributed by atoms with E-state index in [9.17, 15) is 10.2 Å². The van der Waals surface area contributed by atoms with E-state index in [0.29, 0.717) is 10.6 Å². The lowest BCUT2D eigenvalue weighted by atomic mass is 9.91. The Morgan fingerprint density at radius 3 is 1.67 bits per heavy atom. The van der Waals surface area contributed by atoms with Crippen molar-refractivity contribution in [3.8, 4) is 0 Å². The van der Waals surface area contributed by atoms with E-state index < -0.39 is 18.8 Å². The van der Waals surface area contributed by atoms with Crippen LogP contribution in [0.25, 0.3) is 21.5 Å². The summed E-state index contributed by atoms with van der Waals surface area (Å²) in [5.74, 6) is 0. The molecule has 108 valence electrons. The maximum Gasteiger partial charge on any atom is 0.108 e. The Labute approximate surface area is 127 Å². The van der Waals surface area contributed by atoms with Crippen molar-refractivity contribution in [1.82, 2.24) is 0 Å². The average Bonchev–Trinajstić information content (AvgIpc) is 2.54. The van der Waals surface area contributed by atoms with Crippen LogP contribution in [0.1, 0.15) is 11.7 Å². The fraction of sp³-hybridized carbons (Fsp3) is 0.176. The van der Waals surface area contributed by atoms with E-state index in [1.54, 1.807) is 0 Å². The van der Waals surface area contributed by atoms with E-state index in [0.717, 1.165) is 21.5 Å². The number of hydrogen-bond donors (Lipinski definition) is 3. The van der Waals surface area contributed by atoms with Crippen molar-refractivity contribution in [3.05, 3.63) is 59.1 Å². The molecular formula is C17H15ClO3. The molecule has 0 saturated carbocycles. The number of aliphatic hydroxyl groups is 3. The molecule has 0 aliphatic rings. The summed E-state index contributed by atoms with van der Waals surface area (Å²) in [4.78, 5) is 0. The van der Waals surface area contributed by atoms with Crippen LogP contribution in [0, 0.1) is 0 Å². The van der Waals surface area contributed by atoms with Crippen LogP contribution in [-0.4, -0.2) is 28.0 Å². The molecule has 4 heteroatoms. The second kappa shape index (κ2) is 5.62. The predicted molar refractivity (Wildman–Crippen MR) is 84.5 cm³/mol. The first-order valence-electron chi connectivity index (χ1n) is 6.71. The summed E-state index contributed by atoms with van der Waals surface area (Å²) in [5, 5.41) is 33.2. The van der Waals surface area contributed by atoms with Crippen molar-refractivity contribution in [2.24, 2.45) is 0 Å². The molecule has 2 atom stereocenters. The molecule has 0 aliphatic carbocycles. The first-order valence-corrected chi connectivity index (χ1v) is 7.08. The van der Waals surface area contributed by atoms with Crippen LogP contribution in [0.2, 0.25) is 5.02 Å². The molecule has 0 fully saturated rings. The standard InChI is InChI=1S/C17H15ClO3/c18-16-12-7-3-1-5-10(12)15(17(21)14(20)9-19)11-6-2-4-8-13(11)16/h1-8,14,17,19-21H,9H2. The van der Waals surface area contributed by atoms with Crippen LogP contribution in [0.3, 0.4) is 0 Å². The van der Waals surface area contributed by atoms with E-state index in [2.05, 4.69) is 0 Å². The molecule has 0 bridgehead atoms. The van der Waals surface area contributed by atoms with Gasteiger partial charge in [-0.2, -0.15) is 0 Å². The first kappa shape index (κ1) is 14.3. The Bertz CT molecular complexity index is 743. The zero-order chi connectivity index (χ0) is 15.0. The van der Waals surface area contributed by atoms with Crippen molar-refractivity contribution in [2.45, 2.75) is 12.2 Å². The number of hydrogen-bond acceptors (Lipinski definition) is 3. The number of halogens is 1. The minimum atomic E-state index is -1.24. The molecule has 3 rings (SSSR count). The van der Waals surface area contributed by atoms with Gasteiger partial charge in [-0.15, -0.1) is 0 Å². The minimum absolute atomic E-state index is 0.507. The monoisotopic (exact) mass is 302 g/mol. The molecule has 0 radical (unpaired) electrons. The van der Waals surface area contributed by atoms with Crippen molar-refractivity contribution >= 4 is 33.1 Å². The van der Waals surface area contributed by atoms with Gasteiger partial charge in [0, 0.05) is 10.8 Å². The fourth-order valence-corrected chi connectivity index (χ4v) is 3.05. The van der Waals surface area contributed by atoms with Crippen molar-refractivity contribution in [2.75, 3.05) is 6.61 Å². The van der Waals surface area contributed by atoms with E-state index >= 15 is 0 Å². The van der Waals surface area contributed by atoms with Crippen molar-refractivity contribution < 1.29 is 15.3 Å². The minimum Gasteiger partial charge on any atom is -0.394 e. The molecule has 21 heavy (non-hydrogen) atoms. The first-order chi connectivity index (χ1) is 10.1. The third kappa shape index (κ3) is 2.28. The molecule has 0 aromatic heterocycles. The Balaban J connectivity index is 2.46. The molecule has 0 saturated heterocycles. The second-order valence-electron chi connectivity index (χ2n) is 5.01. The van der Waals surface area contributed by atoms with Crippen LogP contribution in [0.5, 0.6) is 0 Å². The number of rotatable bonds is 3. The Hall–Kier alpha value is -1.65. The normalized spacial score (nSPS) is 14.5. The largest absolute Gasteiger partial charge is 0.394 e. The highest BCUT2D eigenvalue weighted by Crippen LogP contribution is 2.39. The lowest BCUT2D eigenvalue weighted by Crippen LogP contribution is -2.22. The van der Waals surface area contributed by atoms with Crippen molar-refractivity contribution in [1.29, 1.82) is 0 Å². The highest BCUT2D eigenvalue weighted by atomic mass is 35.5. The third-order valence-electron chi connectivity index (χ3n) is 3.75. The van der Waals surface area contributed by atoms with Gasteiger partial charge in [0.05, 0.1) is 11.6 Å². The zero-order valence-electron chi connectivity index (χ0n) is 11.2. The van der Waals surface area contributed by atoms with Crippen molar-refractivity contribution in [3.63, 3.8) is 0 Å². The lowest BCUT2D eigenvalue weighted by Gasteiger charge is -2.21. The van der Waals surface area contributed by atoms with Crippen LogP contribution < -0.4 is 0 Å². The van der Waals surface area contributed by atoms with Gasteiger partial charge in [-0.3, -0.25) is 0 Å². The van der Waals surface area contributed by atoms with Gasteiger partial charge in [0.2, 0.25) is 0 Å². The van der Waals surface area contributed by atoms with Gasteiger partial charge < -0.3 is 15.3 Å². The van der Waals surface area contributed by atoms with E-state index in [1.807, 2.05) is 48.5 Å². The topological polar surface area (TPSA) is 60.7 Å². The van der Waals surface area contributed by atoms with Gasteiger partial charge in [0.1, 0.15) is 12.2 Å². The van der Waals surface area contributed by atoms with Gasteiger partial charge in [-0.25, -0.2) is 0 Å². The van der Waals surface area contributed by atoms with Crippen LogP contribution in [0.4, 0.5) is 0 Å². The number of aliphatic hydroxyl groups excluding tert-OH is 3. The summed E-state index contributed by atoms with van der Waals surface area (Å²) >= 11 is 6.47. The number of benzene rings is 3. The maximum absolute atomic E-state index is 10.4. The molecule has 3 aromatic carbocycles. The van der Waals surface area contributed by atoms with Gasteiger partial charge in [-0.1, -0.05) is 60.1 Å². The Morgan fingerprint density at radius 1 is 0.810 bits per heavy atom. The summed E-state index contributed by atoms with van der Waals surface area (Å²) in [6.07, 6.45) is -2.42. The van der Waals surface area contributed by atoms with E-state index in [1.165, 1.54) is 0 Å². The summed E-state index contributed by atoms with van der Waals surface area (Å²) < 4.78 is 0. The van der Waals surface area contributed by atoms with Gasteiger partial charge in [0.15, 0.2) is 0 Å². The molecule has 3 N–H and O–H groups in total. The zero-order valence-corrected chi connectivity index (χ0v) is 12.0. The second-order valence-corrected chi connectivity index (χ2v) is 5.39. The highest BCUT2D eigenvalue weighted by molar-refractivity contribution is 6.41. The van der Waals surface area contributed by atoms with Crippen LogP contribution >= 0.6 is 11.6 Å². The SMILES string of the molecule is OCC(O)C(O)c1c2ccccc2c(Cl)c2ccccc12. The van der Waals surface area contributed by atoms with Gasteiger partial charge in [0.25, 0.3) is 0 Å². The molecular weight excluding hydrogens is 288 g/mol. The predicted octanol–water partition coefficient (Wildman–Crippen LogP) is 3.03. The van der Waals surface area contributed by atoms with Crippen LogP contribution in [0.15, 0.2) is 48.5 Å². The van der Waals surface area contributed by atoms with Gasteiger partial charge >= 0.3 is 0 Å². The summed E-state index contributed by atoms with van der Waals surface area (Å²) in [6, 6.07) is 14.9. The molecule has 2 unspecified atom stereocenters. The number of fused-ring (bicyclic) bond motifs is 2. The third-order valence-corrected chi connectivity index (χ3v) is 4.16. The van der Waals surface area contributed by atoms with Gasteiger partial charge in [-0.05, 0) is 16.3 Å². The molecule has 0 heterocycles. The summed E-state index contributed by atoms with van der Waals surface area (Å²) in [7, 11) is 0. The average molecular weight is 303 g/mol. The molecule has 0 spiro atoms. The smallest absolute Gasteiger partial charge is 0.108 e. The Morgan fingerprint density at radius 2 is 1.24 bits per heavy atom. The molecule has 0 amide bonds. The fourth-order valence-electron chi connectivity index (χ4n) is 2.72. The molecule has 3 aromatic rings. The summed E-state index contributed by atoms with van der Waals surface area (Å²) in [5.41, 5.74) is 0.590. The quantitative estimate of drug-likeness (QED) is 0.652.